The van der Waals surface area contributed by atoms with Crippen LogP contribution in [0.3, 0.4) is 0 Å². The number of hydrogen-bond donors (Lipinski definition) is 0. The standard InChI is InChI=1S/C58H40BN3O/c1-6-18-39(19-7-1)44-33-35-52(47(36-44)41-22-10-3-11-23-41)62-53-30-17-31-55-56(53)59(48-34-32-45(37-54(48)62)40-20-8-2-9-21-40)49-29-16-28-46(57(49)63-55)58-60-50(42-24-12-4-13-25-42)38-51(61-58)43-26-14-5-15-27-43/h1-26,28-38,43H,27H2. The van der Waals surface area contributed by atoms with Crippen molar-refractivity contribution in [3.8, 4) is 67.5 Å². The van der Waals surface area contributed by atoms with Gasteiger partial charge in [0.05, 0.1) is 22.6 Å². The van der Waals surface area contributed by atoms with Crippen molar-refractivity contribution in [3.05, 3.63) is 230 Å². The topological polar surface area (TPSA) is 38.2 Å². The highest BCUT2D eigenvalue weighted by atomic mass is 16.5. The van der Waals surface area contributed by atoms with Crippen LogP contribution in [0.1, 0.15) is 18.0 Å². The molecule has 5 heteroatoms. The summed E-state index contributed by atoms with van der Waals surface area (Å²) in [6.07, 6.45) is 9.57. The molecule has 1 aliphatic carbocycles. The Hall–Kier alpha value is -8.02. The molecule has 0 N–H and O–H groups in total. The van der Waals surface area contributed by atoms with Gasteiger partial charge in [0.2, 0.25) is 0 Å². The van der Waals surface area contributed by atoms with Gasteiger partial charge in [0.1, 0.15) is 11.5 Å². The fraction of sp³-hybridized carbons (Fsp3) is 0.0345. The summed E-state index contributed by atoms with van der Waals surface area (Å²) in [5.41, 5.74) is 17.6. The molecule has 0 amide bonds. The lowest BCUT2D eigenvalue weighted by molar-refractivity contribution is 0.489. The molecule has 296 valence electrons. The summed E-state index contributed by atoms with van der Waals surface area (Å²) >= 11 is 0. The van der Waals surface area contributed by atoms with Crippen molar-refractivity contribution in [2.24, 2.45) is 0 Å². The third-order valence-electron chi connectivity index (χ3n) is 12.7. The Kier molecular flexibility index (Phi) is 9.04. The number of rotatable bonds is 7. The molecule has 0 saturated carbocycles. The van der Waals surface area contributed by atoms with Crippen LogP contribution in [0.4, 0.5) is 17.1 Å². The lowest BCUT2D eigenvalue weighted by atomic mass is 9.34. The number of nitrogens with zero attached hydrogens (tertiary/aromatic N) is 3. The summed E-state index contributed by atoms with van der Waals surface area (Å²) in [6.45, 7) is -0.108. The fourth-order valence-corrected chi connectivity index (χ4v) is 9.67. The van der Waals surface area contributed by atoms with Gasteiger partial charge >= 0.3 is 0 Å². The molecule has 3 heterocycles. The molecule has 63 heavy (non-hydrogen) atoms. The molecule has 0 spiro atoms. The van der Waals surface area contributed by atoms with Gasteiger partial charge in [0.15, 0.2) is 5.82 Å². The molecule has 4 nitrogen and oxygen atoms in total. The second kappa shape index (κ2) is 15.5. The molecule has 0 radical (unpaired) electrons. The van der Waals surface area contributed by atoms with E-state index in [1.807, 2.05) is 6.07 Å². The minimum absolute atomic E-state index is 0.108. The molecule has 1 unspecified atom stereocenters. The normalized spacial score (nSPS) is 14.4. The van der Waals surface area contributed by atoms with Gasteiger partial charge in [-0.1, -0.05) is 182 Å². The molecule has 3 aliphatic rings. The maximum absolute atomic E-state index is 7.19. The SMILES string of the molecule is C1=CCC(c2cc(-c3ccccc3)nc(-c3cccc4c3Oc3cccc5c3B4c3ccc(-c4ccccc4)cc3N5c3ccc(-c4ccccc4)cc3-c3ccccc3)n2)C=C1. The summed E-state index contributed by atoms with van der Waals surface area (Å²) in [4.78, 5) is 13.1. The van der Waals surface area contributed by atoms with E-state index in [2.05, 4.69) is 223 Å². The van der Waals surface area contributed by atoms with Crippen LogP contribution in [-0.2, 0) is 0 Å². The van der Waals surface area contributed by atoms with Crippen molar-refractivity contribution < 1.29 is 4.74 Å². The molecule has 1 atom stereocenters. The maximum atomic E-state index is 7.19. The van der Waals surface area contributed by atoms with Crippen LogP contribution in [0.15, 0.2) is 224 Å². The number of allylic oxidation sites excluding steroid dienone is 4. The number of hydrogen-bond acceptors (Lipinski definition) is 4. The minimum atomic E-state index is -0.108. The zero-order valence-electron chi connectivity index (χ0n) is 34.5. The number of para-hydroxylation sites is 1. The number of aromatic nitrogens is 2. The molecule has 9 aromatic rings. The largest absolute Gasteiger partial charge is 0.458 e. The highest BCUT2D eigenvalue weighted by Gasteiger charge is 2.43. The van der Waals surface area contributed by atoms with E-state index in [0.29, 0.717) is 5.82 Å². The van der Waals surface area contributed by atoms with E-state index >= 15 is 0 Å². The second-order valence-electron chi connectivity index (χ2n) is 16.4. The Balaban J connectivity index is 1.07. The van der Waals surface area contributed by atoms with Crippen molar-refractivity contribution in [2.75, 3.05) is 4.90 Å². The van der Waals surface area contributed by atoms with Gasteiger partial charge in [-0.15, -0.1) is 0 Å². The van der Waals surface area contributed by atoms with E-state index in [1.54, 1.807) is 0 Å². The van der Waals surface area contributed by atoms with Crippen molar-refractivity contribution in [1.29, 1.82) is 0 Å². The Morgan fingerprint density at radius 1 is 0.476 bits per heavy atom. The quantitative estimate of drug-likeness (QED) is 0.150. The Labute approximate surface area is 368 Å². The predicted octanol–water partition coefficient (Wildman–Crippen LogP) is 12.8. The summed E-state index contributed by atoms with van der Waals surface area (Å²) in [6, 6.07) is 71.6. The highest BCUT2D eigenvalue weighted by molar-refractivity contribution is 6.99. The first-order chi connectivity index (χ1) is 31.2. The van der Waals surface area contributed by atoms with Gasteiger partial charge in [-0.25, -0.2) is 9.97 Å². The molecular formula is C58H40BN3O. The number of fused-ring (bicyclic) bond motifs is 4. The van der Waals surface area contributed by atoms with E-state index in [-0.39, 0.29) is 12.6 Å². The average molecular weight is 806 g/mol. The van der Waals surface area contributed by atoms with Gasteiger partial charge in [0.25, 0.3) is 6.71 Å². The van der Waals surface area contributed by atoms with E-state index in [4.69, 9.17) is 14.7 Å². The van der Waals surface area contributed by atoms with Gasteiger partial charge in [-0.3, -0.25) is 0 Å². The molecule has 0 bridgehead atoms. The first-order valence-corrected chi connectivity index (χ1v) is 21.7. The third-order valence-corrected chi connectivity index (χ3v) is 12.7. The summed E-state index contributed by atoms with van der Waals surface area (Å²) < 4.78 is 7.19. The van der Waals surface area contributed by atoms with Gasteiger partial charge < -0.3 is 9.64 Å². The molecular weight excluding hydrogens is 765 g/mol. The predicted molar refractivity (Wildman–Crippen MR) is 261 cm³/mol. The van der Waals surface area contributed by atoms with Crippen LogP contribution in [0.5, 0.6) is 11.5 Å². The first kappa shape index (κ1) is 36.8. The second-order valence-corrected chi connectivity index (χ2v) is 16.4. The van der Waals surface area contributed by atoms with E-state index in [9.17, 15) is 0 Å². The van der Waals surface area contributed by atoms with Gasteiger partial charge in [-0.2, -0.15) is 0 Å². The molecule has 0 saturated heterocycles. The van der Waals surface area contributed by atoms with Crippen molar-refractivity contribution in [3.63, 3.8) is 0 Å². The van der Waals surface area contributed by atoms with E-state index < -0.39 is 0 Å². The average Bonchev–Trinajstić information content (AvgIpc) is 3.37. The number of benzene rings is 8. The number of anilines is 3. The van der Waals surface area contributed by atoms with Gasteiger partial charge in [-0.05, 0) is 93.1 Å². The number of ether oxygens (including phenoxy) is 1. The molecule has 8 aromatic carbocycles. The first-order valence-electron chi connectivity index (χ1n) is 21.7. The lowest BCUT2D eigenvalue weighted by Crippen LogP contribution is -2.59. The molecule has 12 rings (SSSR count). The van der Waals surface area contributed by atoms with Crippen LogP contribution < -0.4 is 26.0 Å². The fourth-order valence-electron chi connectivity index (χ4n) is 9.67. The van der Waals surface area contributed by atoms with E-state index in [1.165, 1.54) is 22.2 Å². The molecule has 2 aliphatic heterocycles. The summed E-state index contributed by atoms with van der Waals surface area (Å²) in [5, 5.41) is 0. The monoisotopic (exact) mass is 805 g/mol. The van der Waals surface area contributed by atoms with Crippen LogP contribution in [0.25, 0.3) is 56.0 Å². The van der Waals surface area contributed by atoms with Crippen molar-refractivity contribution in [1.82, 2.24) is 9.97 Å². The molecule has 0 fully saturated rings. The van der Waals surface area contributed by atoms with Crippen LogP contribution in [0.2, 0.25) is 0 Å². The minimum Gasteiger partial charge on any atom is -0.458 e. The Morgan fingerprint density at radius 2 is 1.14 bits per heavy atom. The van der Waals surface area contributed by atoms with Crippen LogP contribution >= 0.6 is 0 Å². The summed E-state index contributed by atoms with van der Waals surface area (Å²) in [5.74, 6) is 2.45. The Bertz CT molecular complexity index is 3240. The van der Waals surface area contributed by atoms with Crippen molar-refractivity contribution >= 4 is 40.2 Å². The third kappa shape index (κ3) is 6.49. The lowest BCUT2D eigenvalue weighted by Gasteiger charge is -2.41. The highest BCUT2D eigenvalue weighted by Crippen LogP contribution is 2.47. The Morgan fingerprint density at radius 3 is 1.86 bits per heavy atom. The van der Waals surface area contributed by atoms with E-state index in [0.717, 1.165) is 85.1 Å². The maximum Gasteiger partial charge on any atom is 0.256 e. The van der Waals surface area contributed by atoms with Crippen LogP contribution in [-0.4, -0.2) is 16.7 Å². The smallest absolute Gasteiger partial charge is 0.256 e. The van der Waals surface area contributed by atoms with Crippen LogP contribution in [0, 0.1) is 0 Å². The summed E-state index contributed by atoms with van der Waals surface area (Å²) in [7, 11) is 0. The van der Waals surface area contributed by atoms with Crippen molar-refractivity contribution in [2.45, 2.75) is 12.3 Å². The van der Waals surface area contributed by atoms with Gasteiger partial charge in [0, 0.05) is 28.4 Å². The zero-order chi connectivity index (χ0) is 41.7. The molecule has 1 aromatic heterocycles. The zero-order valence-corrected chi connectivity index (χ0v) is 34.5.